The summed E-state index contributed by atoms with van der Waals surface area (Å²) in [5, 5.41) is 18.6. The minimum atomic E-state index is -0.852. The summed E-state index contributed by atoms with van der Waals surface area (Å²) in [5.41, 5.74) is -1.05. The standard InChI is InChI=1S/C12H14N2O5/c1-2-3-7-5-14(12(18)13-11(7)17)10-4-8(16)9(6-15)19-10/h5,8-10,15-16H,4,6H2,1H3,(H,13,17,18)/t8-,9+,10?/m0/s1. The van der Waals surface area contributed by atoms with Gasteiger partial charge in [-0.15, -0.1) is 5.92 Å². The number of nitrogens with one attached hydrogen (secondary N) is 1. The fraction of sp³-hybridized carbons (Fsp3) is 0.500. The van der Waals surface area contributed by atoms with Gasteiger partial charge in [-0.1, -0.05) is 5.92 Å². The van der Waals surface area contributed by atoms with Gasteiger partial charge in [0.2, 0.25) is 0 Å². The van der Waals surface area contributed by atoms with Crippen molar-refractivity contribution in [3.63, 3.8) is 0 Å². The van der Waals surface area contributed by atoms with E-state index < -0.39 is 29.7 Å². The number of nitrogens with zero attached hydrogens (tertiary/aromatic N) is 1. The summed E-state index contributed by atoms with van der Waals surface area (Å²) in [7, 11) is 0. The van der Waals surface area contributed by atoms with Crippen LogP contribution >= 0.6 is 0 Å². The van der Waals surface area contributed by atoms with E-state index in [1.165, 1.54) is 10.8 Å². The van der Waals surface area contributed by atoms with Crippen LogP contribution in [-0.2, 0) is 4.74 Å². The van der Waals surface area contributed by atoms with Crippen molar-refractivity contribution in [3.05, 3.63) is 32.6 Å². The highest BCUT2D eigenvalue weighted by atomic mass is 16.5. The van der Waals surface area contributed by atoms with Gasteiger partial charge in [0.05, 0.1) is 12.7 Å². The molecule has 2 heterocycles. The molecule has 1 fully saturated rings. The molecule has 0 saturated carbocycles. The van der Waals surface area contributed by atoms with Gasteiger partial charge in [0.1, 0.15) is 17.9 Å². The summed E-state index contributed by atoms with van der Waals surface area (Å²) >= 11 is 0. The molecule has 2 rings (SSSR count). The minimum absolute atomic E-state index is 0.146. The molecule has 0 aromatic carbocycles. The SMILES string of the molecule is CC#Cc1cn(C2C[C@H](O)[C@@H](CO)O2)c(=O)[nH]c1=O. The summed E-state index contributed by atoms with van der Waals surface area (Å²) in [6.07, 6.45) is -0.849. The third-order valence-electron chi connectivity index (χ3n) is 2.92. The topological polar surface area (TPSA) is 105 Å². The highest BCUT2D eigenvalue weighted by molar-refractivity contribution is 5.28. The number of aromatic amines is 1. The van der Waals surface area contributed by atoms with Crippen LogP contribution in [0.2, 0.25) is 0 Å². The van der Waals surface area contributed by atoms with Gasteiger partial charge in [0.25, 0.3) is 5.56 Å². The van der Waals surface area contributed by atoms with E-state index in [1.54, 1.807) is 6.92 Å². The van der Waals surface area contributed by atoms with Crippen LogP contribution in [0.5, 0.6) is 0 Å². The van der Waals surface area contributed by atoms with Crippen molar-refractivity contribution in [2.45, 2.75) is 31.8 Å². The lowest BCUT2D eigenvalue weighted by Crippen LogP contribution is -2.33. The Balaban J connectivity index is 2.40. The van der Waals surface area contributed by atoms with Gasteiger partial charge in [0, 0.05) is 12.6 Å². The number of rotatable bonds is 2. The van der Waals surface area contributed by atoms with E-state index >= 15 is 0 Å². The van der Waals surface area contributed by atoms with Gasteiger partial charge in [-0.05, 0) is 6.92 Å². The maximum atomic E-state index is 11.7. The molecule has 3 atom stereocenters. The first-order valence-corrected chi connectivity index (χ1v) is 5.79. The molecular weight excluding hydrogens is 252 g/mol. The number of hydrogen-bond donors (Lipinski definition) is 3. The van der Waals surface area contributed by atoms with Gasteiger partial charge in [-0.25, -0.2) is 4.79 Å². The Labute approximate surface area is 108 Å². The molecule has 7 nitrogen and oxygen atoms in total. The summed E-state index contributed by atoms with van der Waals surface area (Å²) in [4.78, 5) is 25.3. The molecule has 1 aromatic heterocycles. The Morgan fingerprint density at radius 3 is 2.89 bits per heavy atom. The largest absolute Gasteiger partial charge is 0.394 e. The highest BCUT2D eigenvalue weighted by Gasteiger charge is 2.35. The number of aliphatic hydroxyl groups is 2. The van der Waals surface area contributed by atoms with Gasteiger partial charge in [-0.2, -0.15) is 0 Å². The molecule has 3 N–H and O–H groups in total. The molecule has 1 aliphatic rings. The monoisotopic (exact) mass is 266 g/mol. The van der Waals surface area contributed by atoms with Crippen molar-refractivity contribution >= 4 is 0 Å². The predicted molar refractivity (Wildman–Crippen MR) is 65.5 cm³/mol. The second kappa shape index (κ2) is 5.40. The third-order valence-corrected chi connectivity index (χ3v) is 2.92. The molecule has 19 heavy (non-hydrogen) atoms. The van der Waals surface area contributed by atoms with Crippen molar-refractivity contribution in [1.29, 1.82) is 0 Å². The lowest BCUT2D eigenvalue weighted by Gasteiger charge is -2.14. The van der Waals surface area contributed by atoms with Gasteiger partial charge in [0.15, 0.2) is 0 Å². The number of aromatic nitrogens is 2. The smallest absolute Gasteiger partial charge is 0.330 e. The molecule has 0 radical (unpaired) electrons. The van der Waals surface area contributed by atoms with Gasteiger partial charge >= 0.3 is 5.69 Å². The molecule has 1 saturated heterocycles. The van der Waals surface area contributed by atoms with Crippen LogP contribution in [0.25, 0.3) is 0 Å². The molecule has 0 aliphatic carbocycles. The molecular formula is C12H14N2O5. The average molecular weight is 266 g/mol. The number of ether oxygens (including phenoxy) is 1. The quantitative estimate of drug-likeness (QED) is 0.568. The zero-order valence-electron chi connectivity index (χ0n) is 10.3. The third kappa shape index (κ3) is 2.61. The Kier molecular flexibility index (Phi) is 3.85. The highest BCUT2D eigenvalue weighted by Crippen LogP contribution is 2.27. The molecule has 0 spiro atoms. The van der Waals surface area contributed by atoms with E-state index in [1.807, 2.05) is 0 Å². The molecule has 0 bridgehead atoms. The maximum Gasteiger partial charge on any atom is 0.330 e. The Morgan fingerprint density at radius 1 is 1.58 bits per heavy atom. The Hall–Kier alpha value is -1.88. The van der Waals surface area contributed by atoms with Crippen molar-refractivity contribution in [2.24, 2.45) is 0 Å². The molecule has 1 aromatic rings. The summed E-state index contributed by atoms with van der Waals surface area (Å²) in [6, 6.07) is 0. The predicted octanol–water partition coefficient (Wildman–Crippen LogP) is -1.45. The fourth-order valence-electron chi connectivity index (χ4n) is 1.97. The zero-order valence-corrected chi connectivity index (χ0v) is 10.3. The van der Waals surface area contributed by atoms with E-state index in [0.717, 1.165) is 0 Å². The summed E-state index contributed by atoms with van der Waals surface area (Å²) in [5.74, 6) is 5.16. The maximum absolute atomic E-state index is 11.7. The van der Waals surface area contributed by atoms with Crippen molar-refractivity contribution in [3.8, 4) is 11.8 Å². The first kappa shape index (κ1) is 13.5. The number of hydrogen-bond acceptors (Lipinski definition) is 5. The zero-order chi connectivity index (χ0) is 14.0. The van der Waals surface area contributed by atoms with E-state index in [0.29, 0.717) is 0 Å². The summed E-state index contributed by atoms with van der Waals surface area (Å²) < 4.78 is 6.52. The van der Waals surface area contributed by atoms with Gasteiger partial charge in [-0.3, -0.25) is 14.3 Å². The van der Waals surface area contributed by atoms with Gasteiger partial charge < -0.3 is 14.9 Å². The number of H-pyrrole nitrogens is 1. The Morgan fingerprint density at radius 2 is 2.32 bits per heavy atom. The van der Waals surface area contributed by atoms with E-state index in [9.17, 15) is 14.7 Å². The van der Waals surface area contributed by atoms with Crippen LogP contribution in [0.15, 0.2) is 15.8 Å². The molecule has 0 amide bonds. The molecule has 7 heteroatoms. The molecule has 1 aliphatic heterocycles. The van der Waals surface area contributed by atoms with Crippen LogP contribution in [0.1, 0.15) is 25.1 Å². The summed E-state index contributed by atoms with van der Waals surface area (Å²) in [6.45, 7) is 1.24. The lowest BCUT2D eigenvalue weighted by atomic mass is 10.2. The van der Waals surface area contributed by atoms with Crippen molar-refractivity contribution in [1.82, 2.24) is 9.55 Å². The van der Waals surface area contributed by atoms with E-state index in [4.69, 9.17) is 9.84 Å². The van der Waals surface area contributed by atoms with Crippen LogP contribution < -0.4 is 11.2 Å². The average Bonchev–Trinajstić information content (AvgIpc) is 2.74. The van der Waals surface area contributed by atoms with Crippen molar-refractivity contribution < 1.29 is 14.9 Å². The van der Waals surface area contributed by atoms with E-state index in [2.05, 4.69) is 16.8 Å². The first-order valence-electron chi connectivity index (χ1n) is 5.79. The second-order valence-corrected chi connectivity index (χ2v) is 4.20. The fourth-order valence-corrected chi connectivity index (χ4v) is 1.97. The number of aliphatic hydroxyl groups excluding tert-OH is 2. The minimum Gasteiger partial charge on any atom is -0.394 e. The molecule has 102 valence electrons. The van der Waals surface area contributed by atoms with Crippen LogP contribution in [0.3, 0.4) is 0 Å². The Bertz CT molecular complexity index is 636. The normalized spacial score (nSPS) is 25.9. The van der Waals surface area contributed by atoms with E-state index in [-0.39, 0.29) is 18.6 Å². The second-order valence-electron chi connectivity index (χ2n) is 4.20. The van der Waals surface area contributed by atoms with Crippen molar-refractivity contribution in [2.75, 3.05) is 6.61 Å². The first-order chi connectivity index (χ1) is 9.06. The van der Waals surface area contributed by atoms with Crippen LogP contribution in [0.4, 0.5) is 0 Å². The van der Waals surface area contributed by atoms with Crippen LogP contribution in [0, 0.1) is 11.8 Å². The lowest BCUT2D eigenvalue weighted by molar-refractivity contribution is -0.0459. The molecule has 1 unspecified atom stereocenters. The van der Waals surface area contributed by atoms with Crippen LogP contribution in [-0.4, -0.2) is 38.6 Å².